The second kappa shape index (κ2) is 8.99. The van der Waals surface area contributed by atoms with Crippen LogP contribution in [-0.4, -0.2) is 38.9 Å². The Morgan fingerprint density at radius 1 is 1.10 bits per heavy atom. The van der Waals surface area contributed by atoms with Crippen LogP contribution in [0.1, 0.15) is 45.1 Å². The quantitative estimate of drug-likeness (QED) is 0.709. The Balaban J connectivity index is 1.94. The minimum absolute atomic E-state index is 0.149. The molecular formula is C23H30N2O3S. The van der Waals surface area contributed by atoms with Crippen LogP contribution in [0.4, 0.5) is 5.69 Å². The summed E-state index contributed by atoms with van der Waals surface area (Å²) in [6.45, 7) is 7.50. The van der Waals surface area contributed by atoms with E-state index in [2.05, 4.69) is 20.8 Å². The fraction of sp³-hybridized carbons (Fsp3) is 0.435. The molecule has 0 N–H and O–H groups in total. The fourth-order valence-corrected chi connectivity index (χ4v) is 5.13. The van der Waals surface area contributed by atoms with Crippen LogP contribution in [0.3, 0.4) is 0 Å². The smallest absolute Gasteiger partial charge is 0.264 e. The number of piperidine rings is 1. The highest BCUT2D eigenvalue weighted by atomic mass is 32.2. The van der Waals surface area contributed by atoms with Gasteiger partial charge in [-0.3, -0.25) is 9.10 Å². The number of nitrogens with zero attached hydrogens (tertiary/aromatic N) is 2. The van der Waals surface area contributed by atoms with Crippen LogP contribution in [0.5, 0.6) is 0 Å². The highest BCUT2D eigenvalue weighted by Gasteiger charge is 2.30. The number of likely N-dealkylation sites (tertiary alicyclic amines) is 1. The molecule has 0 bridgehead atoms. The number of sulfonamides is 1. The van der Waals surface area contributed by atoms with Crippen molar-refractivity contribution in [3.05, 3.63) is 60.2 Å². The van der Waals surface area contributed by atoms with E-state index in [1.807, 2.05) is 12.1 Å². The van der Waals surface area contributed by atoms with Gasteiger partial charge in [0.25, 0.3) is 10.0 Å². The Morgan fingerprint density at radius 2 is 1.76 bits per heavy atom. The summed E-state index contributed by atoms with van der Waals surface area (Å²) in [4.78, 5) is 15.0. The van der Waals surface area contributed by atoms with Crippen molar-refractivity contribution in [3.8, 4) is 0 Å². The molecule has 1 amide bonds. The first-order valence-corrected chi connectivity index (χ1v) is 11.7. The summed E-state index contributed by atoms with van der Waals surface area (Å²) in [6.07, 6.45) is 2.06. The third kappa shape index (κ3) is 4.99. The lowest BCUT2D eigenvalue weighted by molar-refractivity contribution is -0.131. The van der Waals surface area contributed by atoms with Crippen molar-refractivity contribution in [2.75, 3.05) is 23.9 Å². The molecular weight excluding hydrogens is 384 g/mol. The van der Waals surface area contributed by atoms with E-state index in [9.17, 15) is 13.2 Å². The van der Waals surface area contributed by atoms with Crippen molar-refractivity contribution in [2.45, 2.75) is 44.4 Å². The van der Waals surface area contributed by atoms with Crippen LogP contribution in [0.25, 0.3) is 0 Å². The van der Waals surface area contributed by atoms with Gasteiger partial charge in [-0.1, -0.05) is 51.1 Å². The molecule has 1 aliphatic rings. The van der Waals surface area contributed by atoms with Gasteiger partial charge in [-0.25, -0.2) is 8.42 Å². The summed E-state index contributed by atoms with van der Waals surface area (Å²) in [6, 6.07) is 15.8. The Labute approximate surface area is 174 Å². The Bertz CT molecular complexity index is 924. The number of benzene rings is 2. The molecule has 1 heterocycles. The molecule has 0 aliphatic carbocycles. The fourth-order valence-electron chi connectivity index (χ4n) is 3.70. The van der Waals surface area contributed by atoms with Gasteiger partial charge in [-0.15, -0.1) is 0 Å². The highest BCUT2D eigenvalue weighted by molar-refractivity contribution is 7.92. The molecule has 3 rings (SSSR count). The normalized spacial score (nSPS) is 17.4. The molecule has 0 spiro atoms. The number of hydrogen-bond acceptors (Lipinski definition) is 3. The van der Waals surface area contributed by atoms with E-state index in [1.54, 1.807) is 47.4 Å². The molecule has 156 valence electrons. The lowest BCUT2D eigenvalue weighted by Gasteiger charge is -2.33. The summed E-state index contributed by atoms with van der Waals surface area (Å²) < 4.78 is 28.0. The van der Waals surface area contributed by atoms with Crippen molar-refractivity contribution < 1.29 is 13.2 Å². The third-order valence-corrected chi connectivity index (χ3v) is 7.26. The first-order valence-electron chi connectivity index (χ1n) is 10.2. The van der Waals surface area contributed by atoms with Gasteiger partial charge in [0.05, 0.1) is 10.6 Å². The molecule has 6 heteroatoms. The molecule has 0 aromatic heterocycles. The van der Waals surface area contributed by atoms with E-state index in [0.717, 1.165) is 18.4 Å². The molecule has 0 radical (unpaired) electrons. The summed E-state index contributed by atoms with van der Waals surface area (Å²) in [5, 5.41) is 0. The van der Waals surface area contributed by atoms with Gasteiger partial charge in [-0.2, -0.15) is 0 Å². The topological polar surface area (TPSA) is 57.7 Å². The van der Waals surface area contributed by atoms with E-state index in [4.69, 9.17) is 0 Å². The maximum absolute atomic E-state index is 13.4. The average Bonchev–Trinajstić information content (AvgIpc) is 2.72. The first-order chi connectivity index (χ1) is 13.8. The molecule has 1 atom stereocenters. The van der Waals surface area contributed by atoms with Crippen LogP contribution < -0.4 is 4.31 Å². The van der Waals surface area contributed by atoms with Crippen molar-refractivity contribution >= 4 is 21.6 Å². The van der Waals surface area contributed by atoms with Gasteiger partial charge in [0.2, 0.25) is 5.91 Å². The number of amides is 1. The van der Waals surface area contributed by atoms with Gasteiger partial charge in [0.1, 0.15) is 6.54 Å². The second-order valence-corrected chi connectivity index (χ2v) is 10.0. The maximum atomic E-state index is 13.4. The zero-order chi connectivity index (χ0) is 21.0. The average molecular weight is 415 g/mol. The molecule has 2 aromatic rings. The van der Waals surface area contributed by atoms with Crippen molar-refractivity contribution in [3.63, 3.8) is 0 Å². The Morgan fingerprint density at radius 3 is 2.34 bits per heavy atom. The first kappa shape index (κ1) is 21.4. The van der Waals surface area contributed by atoms with E-state index >= 15 is 0 Å². The van der Waals surface area contributed by atoms with Crippen LogP contribution >= 0.6 is 0 Å². The number of anilines is 1. The van der Waals surface area contributed by atoms with Crippen molar-refractivity contribution in [1.29, 1.82) is 0 Å². The Kier molecular flexibility index (Phi) is 6.63. The summed E-state index contributed by atoms with van der Waals surface area (Å²) in [5.41, 5.74) is 1.64. The number of carbonyl (C=O) groups excluding carboxylic acids is 1. The standard InChI is InChI=1S/C23H30N2O3S/c1-18(2)20-11-13-21(14-12-20)25(29(27,28)22-9-5-4-6-10-22)17-23(26)24-15-7-8-19(3)16-24/h4-6,9-14,18-19H,7-8,15-17H2,1-3H3. The molecule has 0 saturated carbocycles. The van der Waals surface area contributed by atoms with Crippen LogP contribution in [0, 0.1) is 5.92 Å². The molecule has 1 unspecified atom stereocenters. The lowest BCUT2D eigenvalue weighted by Crippen LogP contribution is -2.46. The largest absolute Gasteiger partial charge is 0.341 e. The van der Waals surface area contributed by atoms with Gasteiger partial charge in [0.15, 0.2) is 0 Å². The minimum Gasteiger partial charge on any atom is -0.341 e. The highest BCUT2D eigenvalue weighted by Crippen LogP contribution is 2.26. The third-order valence-electron chi connectivity index (χ3n) is 5.47. The summed E-state index contributed by atoms with van der Waals surface area (Å²) in [7, 11) is -3.85. The molecule has 1 fully saturated rings. The minimum atomic E-state index is -3.85. The van der Waals surface area contributed by atoms with Crippen molar-refractivity contribution in [2.24, 2.45) is 5.92 Å². The van der Waals surface area contributed by atoms with Gasteiger partial charge in [-0.05, 0) is 54.5 Å². The second-order valence-electron chi connectivity index (χ2n) is 8.16. The lowest BCUT2D eigenvalue weighted by atomic mass is 10.0. The monoisotopic (exact) mass is 414 g/mol. The number of rotatable bonds is 6. The van der Waals surface area contributed by atoms with E-state index in [0.29, 0.717) is 30.6 Å². The molecule has 2 aromatic carbocycles. The SMILES string of the molecule is CC1CCCN(C(=O)CN(c2ccc(C(C)C)cc2)S(=O)(=O)c2ccccc2)C1. The predicted octanol–water partition coefficient (Wildman–Crippen LogP) is 4.26. The van der Waals surface area contributed by atoms with Crippen LogP contribution in [-0.2, 0) is 14.8 Å². The van der Waals surface area contributed by atoms with Gasteiger partial charge >= 0.3 is 0 Å². The van der Waals surface area contributed by atoms with E-state index in [1.165, 1.54) is 4.31 Å². The zero-order valence-corrected chi connectivity index (χ0v) is 18.2. The molecule has 1 aliphatic heterocycles. The van der Waals surface area contributed by atoms with Crippen LogP contribution in [0.2, 0.25) is 0 Å². The number of hydrogen-bond donors (Lipinski definition) is 0. The van der Waals surface area contributed by atoms with Crippen molar-refractivity contribution in [1.82, 2.24) is 4.90 Å². The van der Waals surface area contributed by atoms with Gasteiger partial charge in [0, 0.05) is 13.1 Å². The maximum Gasteiger partial charge on any atom is 0.264 e. The predicted molar refractivity (Wildman–Crippen MR) is 116 cm³/mol. The summed E-state index contributed by atoms with van der Waals surface area (Å²) >= 11 is 0. The number of carbonyl (C=O) groups is 1. The zero-order valence-electron chi connectivity index (χ0n) is 17.4. The molecule has 1 saturated heterocycles. The van der Waals surface area contributed by atoms with E-state index < -0.39 is 10.0 Å². The van der Waals surface area contributed by atoms with E-state index in [-0.39, 0.29) is 17.3 Å². The van der Waals surface area contributed by atoms with Crippen LogP contribution in [0.15, 0.2) is 59.5 Å². The molecule has 29 heavy (non-hydrogen) atoms. The Hall–Kier alpha value is -2.34. The molecule has 5 nitrogen and oxygen atoms in total. The summed E-state index contributed by atoms with van der Waals surface area (Å²) in [5.74, 6) is 0.640. The van der Waals surface area contributed by atoms with Gasteiger partial charge < -0.3 is 4.90 Å².